The lowest BCUT2D eigenvalue weighted by atomic mass is 10.0. The molecule has 1 heterocycles. The fourth-order valence-corrected chi connectivity index (χ4v) is 4.37. The van der Waals surface area contributed by atoms with Crippen LogP contribution in [0.2, 0.25) is 0 Å². The monoisotopic (exact) mass is 282 g/mol. The Morgan fingerprint density at radius 3 is 2.37 bits per heavy atom. The predicted molar refractivity (Wildman–Crippen MR) is 77.5 cm³/mol. The molecule has 106 valence electrons. The van der Waals surface area contributed by atoms with E-state index in [1.807, 2.05) is 19.9 Å². The van der Waals surface area contributed by atoms with Crippen molar-refractivity contribution in [2.24, 2.45) is 5.92 Å². The van der Waals surface area contributed by atoms with E-state index in [1.165, 1.54) is 0 Å². The first-order valence-corrected chi connectivity index (χ1v) is 8.14. The number of nitrogens with two attached hydrogens (primary N) is 1. The first-order chi connectivity index (χ1) is 8.84. The van der Waals surface area contributed by atoms with Gasteiger partial charge in [0, 0.05) is 13.1 Å². The molecule has 0 aromatic heterocycles. The molecular formula is C14H22N2O2S. The van der Waals surface area contributed by atoms with Gasteiger partial charge in [0.2, 0.25) is 10.0 Å². The Morgan fingerprint density at radius 1 is 1.21 bits per heavy atom. The minimum absolute atomic E-state index is 0.294. The van der Waals surface area contributed by atoms with Gasteiger partial charge in [-0.15, -0.1) is 0 Å². The van der Waals surface area contributed by atoms with Crippen molar-refractivity contribution in [3.63, 3.8) is 0 Å². The van der Waals surface area contributed by atoms with E-state index in [1.54, 1.807) is 10.4 Å². The SMILES string of the molecule is Cc1ccc(N)c(S(=O)(=O)N2CCC(C)CC2)c1C. The second kappa shape index (κ2) is 5.13. The maximum atomic E-state index is 12.7. The zero-order valence-corrected chi connectivity index (χ0v) is 12.6. The third-order valence-electron chi connectivity index (χ3n) is 4.05. The number of benzene rings is 1. The summed E-state index contributed by atoms with van der Waals surface area (Å²) in [6.45, 7) is 7.08. The fraction of sp³-hybridized carbons (Fsp3) is 0.571. The van der Waals surface area contributed by atoms with Gasteiger partial charge >= 0.3 is 0 Å². The van der Waals surface area contributed by atoms with Crippen LogP contribution < -0.4 is 5.73 Å². The molecule has 1 aromatic rings. The van der Waals surface area contributed by atoms with Crippen molar-refractivity contribution in [3.05, 3.63) is 23.3 Å². The summed E-state index contributed by atoms with van der Waals surface area (Å²) in [4.78, 5) is 0.294. The maximum absolute atomic E-state index is 12.7. The molecule has 2 N–H and O–H groups in total. The number of aryl methyl sites for hydroxylation is 1. The average Bonchev–Trinajstić information content (AvgIpc) is 2.34. The summed E-state index contributed by atoms with van der Waals surface area (Å²) in [7, 11) is -3.46. The third kappa shape index (κ3) is 2.62. The Morgan fingerprint density at radius 2 is 1.79 bits per heavy atom. The molecule has 0 aliphatic carbocycles. The predicted octanol–water partition coefficient (Wildman–Crippen LogP) is 2.31. The molecule has 4 nitrogen and oxygen atoms in total. The lowest BCUT2D eigenvalue weighted by molar-refractivity contribution is 0.288. The van der Waals surface area contributed by atoms with Gasteiger partial charge in [-0.1, -0.05) is 13.0 Å². The van der Waals surface area contributed by atoms with Gasteiger partial charge in [-0.3, -0.25) is 0 Å². The minimum atomic E-state index is -3.46. The number of hydrogen-bond acceptors (Lipinski definition) is 3. The minimum Gasteiger partial charge on any atom is -0.398 e. The quantitative estimate of drug-likeness (QED) is 0.847. The molecule has 0 bridgehead atoms. The Kier molecular flexibility index (Phi) is 3.87. The first-order valence-electron chi connectivity index (χ1n) is 6.70. The van der Waals surface area contributed by atoms with E-state index in [-0.39, 0.29) is 0 Å². The summed E-state index contributed by atoms with van der Waals surface area (Å²) < 4.78 is 27.0. The van der Waals surface area contributed by atoms with Crippen LogP contribution in [0.1, 0.15) is 30.9 Å². The molecule has 1 saturated heterocycles. The van der Waals surface area contributed by atoms with E-state index < -0.39 is 10.0 Å². The molecule has 2 rings (SSSR count). The van der Waals surface area contributed by atoms with E-state index in [9.17, 15) is 8.42 Å². The molecule has 5 heteroatoms. The van der Waals surface area contributed by atoms with Gasteiger partial charge in [-0.2, -0.15) is 4.31 Å². The van der Waals surface area contributed by atoms with Crippen molar-refractivity contribution in [1.29, 1.82) is 0 Å². The lowest BCUT2D eigenvalue weighted by Crippen LogP contribution is -2.38. The largest absolute Gasteiger partial charge is 0.398 e. The normalized spacial score (nSPS) is 18.7. The van der Waals surface area contributed by atoms with Crippen molar-refractivity contribution in [2.75, 3.05) is 18.8 Å². The summed E-state index contributed by atoms with van der Waals surface area (Å²) in [6, 6.07) is 3.55. The zero-order valence-electron chi connectivity index (χ0n) is 11.8. The molecule has 1 aromatic carbocycles. The van der Waals surface area contributed by atoms with Crippen LogP contribution in [-0.4, -0.2) is 25.8 Å². The molecule has 0 spiro atoms. The topological polar surface area (TPSA) is 63.4 Å². The van der Waals surface area contributed by atoms with E-state index in [0.717, 1.165) is 24.0 Å². The molecular weight excluding hydrogens is 260 g/mol. The standard InChI is InChI=1S/C14H22N2O2S/c1-10-6-8-16(9-7-10)19(17,18)14-12(3)11(2)4-5-13(14)15/h4-5,10H,6-9,15H2,1-3H3. The lowest BCUT2D eigenvalue weighted by Gasteiger charge is -2.30. The van der Waals surface area contributed by atoms with E-state index >= 15 is 0 Å². The van der Waals surface area contributed by atoms with Crippen LogP contribution in [0, 0.1) is 19.8 Å². The van der Waals surface area contributed by atoms with Gasteiger partial charge in [0.05, 0.1) is 5.69 Å². The smallest absolute Gasteiger partial charge is 0.245 e. The summed E-state index contributed by atoms with van der Waals surface area (Å²) in [5.74, 6) is 0.599. The number of sulfonamides is 1. The van der Waals surface area contributed by atoms with Gasteiger partial charge in [0.15, 0.2) is 0 Å². The summed E-state index contributed by atoms with van der Waals surface area (Å²) in [6.07, 6.45) is 1.84. The number of hydrogen-bond donors (Lipinski definition) is 1. The van der Waals surface area contributed by atoms with Crippen LogP contribution in [0.15, 0.2) is 17.0 Å². The molecule has 0 atom stereocenters. The number of piperidine rings is 1. The van der Waals surface area contributed by atoms with Gasteiger partial charge in [-0.25, -0.2) is 8.42 Å². The molecule has 0 unspecified atom stereocenters. The summed E-state index contributed by atoms with van der Waals surface area (Å²) >= 11 is 0. The maximum Gasteiger partial charge on any atom is 0.245 e. The third-order valence-corrected chi connectivity index (χ3v) is 6.15. The highest BCUT2D eigenvalue weighted by molar-refractivity contribution is 7.89. The second-order valence-electron chi connectivity index (χ2n) is 5.51. The van der Waals surface area contributed by atoms with Crippen LogP contribution in [-0.2, 0) is 10.0 Å². The molecule has 1 fully saturated rings. The number of nitrogen functional groups attached to an aromatic ring is 1. The van der Waals surface area contributed by atoms with E-state index in [4.69, 9.17) is 5.73 Å². The highest BCUT2D eigenvalue weighted by Gasteiger charge is 2.31. The van der Waals surface area contributed by atoms with Gasteiger partial charge in [-0.05, 0) is 49.8 Å². The van der Waals surface area contributed by atoms with Crippen molar-refractivity contribution >= 4 is 15.7 Å². The van der Waals surface area contributed by atoms with Crippen LogP contribution in [0.25, 0.3) is 0 Å². The zero-order chi connectivity index (χ0) is 14.2. The molecule has 1 aliphatic rings. The van der Waals surface area contributed by atoms with E-state index in [0.29, 0.717) is 29.6 Å². The highest BCUT2D eigenvalue weighted by Crippen LogP contribution is 2.30. The van der Waals surface area contributed by atoms with Gasteiger partial charge in [0.25, 0.3) is 0 Å². The molecule has 0 saturated carbocycles. The van der Waals surface area contributed by atoms with Gasteiger partial charge < -0.3 is 5.73 Å². The Hall–Kier alpha value is -1.07. The molecule has 0 radical (unpaired) electrons. The van der Waals surface area contributed by atoms with Crippen molar-refractivity contribution in [2.45, 2.75) is 38.5 Å². The molecule has 1 aliphatic heterocycles. The highest BCUT2D eigenvalue weighted by atomic mass is 32.2. The van der Waals surface area contributed by atoms with Crippen LogP contribution in [0.4, 0.5) is 5.69 Å². The average molecular weight is 282 g/mol. The fourth-order valence-electron chi connectivity index (χ4n) is 2.51. The van der Waals surface area contributed by atoms with Gasteiger partial charge in [0.1, 0.15) is 4.90 Å². The molecule has 19 heavy (non-hydrogen) atoms. The Balaban J connectivity index is 2.43. The Bertz CT molecular complexity index is 573. The number of rotatable bonds is 2. The van der Waals surface area contributed by atoms with Crippen LogP contribution >= 0.6 is 0 Å². The molecule has 0 amide bonds. The summed E-state index contributed by atoms with van der Waals surface area (Å²) in [5, 5.41) is 0. The first kappa shape index (κ1) is 14.3. The summed E-state index contributed by atoms with van der Waals surface area (Å²) in [5.41, 5.74) is 7.97. The second-order valence-corrected chi connectivity index (χ2v) is 7.39. The van der Waals surface area contributed by atoms with Crippen LogP contribution in [0.3, 0.4) is 0 Å². The number of anilines is 1. The van der Waals surface area contributed by atoms with Crippen LogP contribution in [0.5, 0.6) is 0 Å². The number of nitrogens with zero attached hydrogens (tertiary/aromatic N) is 1. The Labute approximate surface area is 115 Å². The van der Waals surface area contributed by atoms with Crippen molar-refractivity contribution in [3.8, 4) is 0 Å². The van der Waals surface area contributed by atoms with E-state index in [2.05, 4.69) is 6.92 Å². The van der Waals surface area contributed by atoms with Crippen molar-refractivity contribution in [1.82, 2.24) is 4.31 Å². The van der Waals surface area contributed by atoms with Crippen molar-refractivity contribution < 1.29 is 8.42 Å².